The van der Waals surface area contributed by atoms with Crippen LogP contribution in [-0.2, 0) is 6.54 Å². The molecule has 92 valence electrons. The summed E-state index contributed by atoms with van der Waals surface area (Å²) < 4.78 is 2.82. The second kappa shape index (κ2) is 4.63. The molecule has 0 aliphatic rings. The van der Waals surface area contributed by atoms with Crippen LogP contribution in [0, 0.1) is 0 Å². The molecule has 1 aromatic heterocycles. The van der Waals surface area contributed by atoms with Crippen LogP contribution in [0.1, 0.15) is 26.7 Å². The summed E-state index contributed by atoms with van der Waals surface area (Å²) >= 11 is 1.51. The Hall–Kier alpha value is -1.13. The van der Waals surface area contributed by atoms with Gasteiger partial charge in [0.05, 0.1) is 16.6 Å². The Morgan fingerprint density at radius 3 is 2.53 bits per heavy atom. The number of nitrogens with two attached hydrogens (primary N) is 1. The zero-order valence-corrected chi connectivity index (χ0v) is 11.1. The summed E-state index contributed by atoms with van der Waals surface area (Å²) in [6, 6.07) is 7.71. The molecule has 2 N–H and O–H groups in total. The van der Waals surface area contributed by atoms with Crippen LogP contribution in [0.5, 0.6) is 0 Å². The van der Waals surface area contributed by atoms with E-state index >= 15 is 0 Å². The molecule has 1 aromatic carbocycles. The van der Waals surface area contributed by atoms with Gasteiger partial charge in [0, 0.05) is 5.54 Å². The summed E-state index contributed by atoms with van der Waals surface area (Å²) in [4.78, 5) is 12.2. The highest BCUT2D eigenvalue weighted by Gasteiger charge is 2.22. The molecule has 2 aromatic rings. The maximum atomic E-state index is 12.2. The lowest BCUT2D eigenvalue weighted by Gasteiger charge is -2.26. The van der Waals surface area contributed by atoms with Gasteiger partial charge in [0.1, 0.15) is 0 Å². The van der Waals surface area contributed by atoms with E-state index in [-0.39, 0.29) is 11.1 Å². The maximum Gasteiger partial charge on any atom is 0.268 e. The van der Waals surface area contributed by atoms with Crippen LogP contribution >= 0.6 is 11.5 Å². The second-order valence-electron chi connectivity index (χ2n) is 4.50. The molecule has 0 radical (unpaired) electrons. The zero-order chi connectivity index (χ0) is 12.5. The van der Waals surface area contributed by atoms with Gasteiger partial charge in [-0.2, -0.15) is 0 Å². The van der Waals surface area contributed by atoms with E-state index in [1.54, 1.807) is 3.96 Å². The van der Waals surface area contributed by atoms with Crippen LogP contribution in [0.3, 0.4) is 0 Å². The third-order valence-electron chi connectivity index (χ3n) is 3.42. The predicted octanol–water partition coefficient (Wildman–Crippen LogP) is 2.58. The van der Waals surface area contributed by atoms with E-state index in [0.29, 0.717) is 6.54 Å². The van der Waals surface area contributed by atoms with Crippen molar-refractivity contribution >= 4 is 21.6 Å². The molecule has 0 bridgehead atoms. The summed E-state index contributed by atoms with van der Waals surface area (Å²) in [5, 5.41) is 0.798. The SMILES string of the molecule is CCC(N)(CC)Cn1sc2ccccc2c1=O. The second-order valence-corrected chi connectivity index (χ2v) is 5.56. The molecule has 17 heavy (non-hydrogen) atoms. The van der Waals surface area contributed by atoms with Crippen molar-refractivity contribution in [3.8, 4) is 0 Å². The highest BCUT2D eigenvalue weighted by atomic mass is 32.1. The Balaban J connectivity index is 2.43. The molecule has 0 amide bonds. The average Bonchev–Trinajstić information content (AvgIpc) is 2.67. The number of aromatic nitrogens is 1. The van der Waals surface area contributed by atoms with E-state index in [1.165, 1.54) is 11.5 Å². The van der Waals surface area contributed by atoms with Crippen molar-refractivity contribution in [2.24, 2.45) is 5.73 Å². The van der Waals surface area contributed by atoms with Crippen LogP contribution in [0.4, 0.5) is 0 Å². The molecule has 4 heteroatoms. The third-order valence-corrected chi connectivity index (χ3v) is 4.49. The third kappa shape index (κ3) is 2.28. The fourth-order valence-electron chi connectivity index (χ4n) is 1.88. The van der Waals surface area contributed by atoms with Gasteiger partial charge in [-0.1, -0.05) is 37.5 Å². The van der Waals surface area contributed by atoms with Crippen molar-refractivity contribution in [1.29, 1.82) is 0 Å². The van der Waals surface area contributed by atoms with Crippen LogP contribution in [-0.4, -0.2) is 9.50 Å². The molecule has 0 atom stereocenters. The number of fused-ring (bicyclic) bond motifs is 1. The van der Waals surface area contributed by atoms with E-state index in [9.17, 15) is 4.79 Å². The number of hydrogen-bond acceptors (Lipinski definition) is 3. The highest BCUT2D eigenvalue weighted by molar-refractivity contribution is 7.13. The lowest BCUT2D eigenvalue weighted by atomic mass is 9.94. The minimum Gasteiger partial charge on any atom is -0.324 e. The standard InChI is InChI=1S/C13H18N2OS/c1-3-13(14,4-2)9-15-12(16)10-7-5-6-8-11(10)17-15/h5-8H,3-4,9,14H2,1-2H3. The van der Waals surface area contributed by atoms with Crippen molar-refractivity contribution in [3.63, 3.8) is 0 Å². The number of hydrogen-bond donors (Lipinski definition) is 1. The molecule has 0 aliphatic carbocycles. The Labute approximate surface area is 105 Å². The molecule has 0 spiro atoms. The topological polar surface area (TPSA) is 48.0 Å². The fourth-order valence-corrected chi connectivity index (χ4v) is 3.01. The quantitative estimate of drug-likeness (QED) is 0.906. The molecule has 3 nitrogen and oxygen atoms in total. The number of benzene rings is 1. The van der Waals surface area contributed by atoms with Gasteiger partial charge in [-0.3, -0.25) is 8.75 Å². The van der Waals surface area contributed by atoms with E-state index in [0.717, 1.165) is 22.9 Å². The Bertz CT molecular complexity index is 566. The zero-order valence-electron chi connectivity index (χ0n) is 10.3. The van der Waals surface area contributed by atoms with Crippen LogP contribution in [0.15, 0.2) is 29.1 Å². The Morgan fingerprint density at radius 2 is 1.94 bits per heavy atom. The first-order valence-electron chi connectivity index (χ1n) is 5.97. The van der Waals surface area contributed by atoms with E-state index < -0.39 is 0 Å². The van der Waals surface area contributed by atoms with Crippen LogP contribution in [0.25, 0.3) is 10.1 Å². The molecule has 0 saturated heterocycles. The van der Waals surface area contributed by atoms with Crippen molar-refractivity contribution in [2.45, 2.75) is 38.8 Å². The normalized spacial score (nSPS) is 12.2. The van der Waals surface area contributed by atoms with E-state index in [4.69, 9.17) is 5.73 Å². The predicted molar refractivity (Wildman–Crippen MR) is 73.6 cm³/mol. The number of nitrogens with zero attached hydrogens (tertiary/aromatic N) is 1. The van der Waals surface area contributed by atoms with Crippen molar-refractivity contribution in [1.82, 2.24) is 3.96 Å². The summed E-state index contributed by atoms with van der Waals surface area (Å²) in [7, 11) is 0. The van der Waals surface area contributed by atoms with Crippen LogP contribution < -0.4 is 11.3 Å². The summed E-state index contributed by atoms with van der Waals surface area (Å²) in [5.41, 5.74) is 6.08. The van der Waals surface area contributed by atoms with Crippen molar-refractivity contribution in [3.05, 3.63) is 34.6 Å². The summed E-state index contributed by atoms with van der Waals surface area (Å²) in [6.07, 6.45) is 1.76. The van der Waals surface area contributed by atoms with Gasteiger partial charge in [0.25, 0.3) is 5.56 Å². The van der Waals surface area contributed by atoms with Gasteiger partial charge >= 0.3 is 0 Å². The molecule has 2 rings (SSSR count). The van der Waals surface area contributed by atoms with Gasteiger partial charge in [-0.05, 0) is 25.0 Å². The number of rotatable bonds is 4. The average molecular weight is 250 g/mol. The first kappa shape index (κ1) is 12.3. The molecule has 0 saturated carbocycles. The lowest BCUT2D eigenvalue weighted by Crippen LogP contribution is -2.44. The Morgan fingerprint density at radius 1 is 1.29 bits per heavy atom. The van der Waals surface area contributed by atoms with Gasteiger partial charge in [-0.15, -0.1) is 0 Å². The van der Waals surface area contributed by atoms with Gasteiger partial charge < -0.3 is 5.73 Å². The largest absolute Gasteiger partial charge is 0.324 e. The Kier molecular flexibility index (Phi) is 3.35. The van der Waals surface area contributed by atoms with Gasteiger partial charge in [0.2, 0.25) is 0 Å². The van der Waals surface area contributed by atoms with E-state index in [1.807, 2.05) is 24.3 Å². The van der Waals surface area contributed by atoms with Gasteiger partial charge in [-0.25, -0.2) is 0 Å². The minimum absolute atomic E-state index is 0.0855. The van der Waals surface area contributed by atoms with Crippen molar-refractivity contribution < 1.29 is 0 Å². The first-order valence-corrected chi connectivity index (χ1v) is 6.74. The molecule has 0 fully saturated rings. The van der Waals surface area contributed by atoms with Gasteiger partial charge in [0.15, 0.2) is 0 Å². The maximum absolute atomic E-state index is 12.2. The lowest BCUT2D eigenvalue weighted by molar-refractivity contribution is 0.347. The van der Waals surface area contributed by atoms with Crippen LogP contribution in [0.2, 0.25) is 0 Å². The van der Waals surface area contributed by atoms with E-state index in [2.05, 4.69) is 13.8 Å². The van der Waals surface area contributed by atoms with Crippen molar-refractivity contribution in [2.75, 3.05) is 0 Å². The molecular weight excluding hydrogens is 232 g/mol. The highest BCUT2D eigenvalue weighted by Crippen LogP contribution is 2.20. The smallest absolute Gasteiger partial charge is 0.268 e. The molecule has 1 heterocycles. The molecule has 0 aliphatic heterocycles. The first-order chi connectivity index (χ1) is 8.09. The monoisotopic (exact) mass is 250 g/mol. The minimum atomic E-state index is -0.273. The summed E-state index contributed by atoms with van der Waals surface area (Å²) in [6.45, 7) is 4.75. The molecule has 0 unspecified atom stereocenters. The fraction of sp³-hybridized carbons (Fsp3) is 0.462. The molecular formula is C13H18N2OS. The summed E-state index contributed by atoms with van der Waals surface area (Å²) in [5.74, 6) is 0.